The number of benzene rings is 4. The van der Waals surface area contributed by atoms with Gasteiger partial charge in [-0.1, -0.05) is 109 Å². The molecular weight excluding hydrogens is 520 g/mol. The fraction of sp³-hybridized carbons (Fsp3) is 0.265. The van der Waals surface area contributed by atoms with Crippen molar-refractivity contribution in [3.05, 3.63) is 144 Å². The van der Waals surface area contributed by atoms with Gasteiger partial charge < -0.3 is 28.8 Å². The van der Waals surface area contributed by atoms with Crippen molar-refractivity contribution in [1.29, 1.82) is 0 Å². The Bertz CT molecular complexity index is 1320. The molecular formula is C34H34O7. The maximum atomic E-state index is 12.7. The number of carbonyl (C=O) groups excluding carboxylic acids is 1. The van der Waals surface area contributed by atoms with Crippen LogP contribution in [0.1, 0.15) is 27.0 Å². The molecule has 5 rings (SSSR count). The molecule has 1 aliphatic rings. The smallest absolute Gasteiger partial charge is 0.338 e. The van der Waals surface area contributed by atoms with Crippen LogP contribution in [0.25, 0.3) is 0 Å². The van der Waals surface area contributed by atoms with Crippen LogP contribution < -0.4 is 0 Å². The van der Waals surface area contributed by atoms with Crippen molar-refractivity contribution in [1.82, 2.24) is 0 Å². The molecule has 0 amide bonds. The largest absolute Gasteiger partial charge is 0.459 e. The molecule has 5 atom stereocenters. The fourth-order valence-electron chi connectivity index (χ4n) is 4.63. The number of hydrogen-bond acceptors (Lipinski definition) is 7. The first-order valence-corrected chi connectivity index (χ1v) is 13.7. The molecule has 0 saturated carbocycles. The van der Waals surface area contributed by atoms with Gasteiger partial charge in [0.05, 0.1) is 25.4 Å². The molecule has 1 fully saturated rings. The third-order valence-electron chi connectivity index (χ3n) is 6.83. The molecule has 1 aliphatic heterocycles. The molecule has 1 N–H and O–H groups in total. The summed E-state index contributed by atoms with van der Waals surface area (Å²) in [5.74, 6) is -0.507. The van der Waals surface area contributed by atoms with Gasteiger partial charge in [0.15, 0.2) is 6.29 Å². The van der Waals surface area contributed by atoms with E-state index in [-0.39, 0.29) is 26.4 Å². The molecule has 212 valence electrons. The lowest BCUT2D eigenvalue weighted by molar-refractivity contribution is -0.322. The van der Waals surface area contributed by atoms with E-state index in [1.165, 1.54) is 0 Å². The Kier molecular flexibility index (Phi) is 10.3. The van der Waals surface area contributed by atoms with E-state index in [1.807, 2.05) is 97.1 Å². The van der Waals surface area contributed by atoms with Gasteiger partial charge in [0, 0.05) is 0 Å². The van der Waals surface area contributed by atoms with Crippen LogP contribution in [0.2, 0.25) is 0 Å². The van der Waals surface area contributed by atoms with Crippen molar-refractivity contribution < 1.29 is 33.6 Å². The van der Waals surface area contributed by atoms with E-state index in [9.17, 15) is 9.90 Å². The monoisotopic (exact) mass is 554 g/mol. The Morgan fingerprint density at radius 2 is 1.05 bits per heavy atom. The average Bonchev–Trinajstić information content (AvgIpc) is 3.04. The molecule has 0 unspecified atom stereocenters. The van der Waals surface area contributed by atoms with Crippen molar-refractivity contribution in [2.45, 2.75) is 50.5 Å². The highest BCUT2D eigenvalue weighted by atomic mass is 16.7. The van der Waals surface area contributed by atoms with Gasteiger partial charge >= 0.3 is 5.97 Å². The van der Waals surface area contributed by atoms with E-state index in [1.54, 1.807) is 24.3 Å². The van der Waals surface area contributed by atoms with Crippen LogP contribution in [-0.2, 0) is 43.5 Å². The summed E-state index contributed by atoms with van der Waals surface area (Å²) in [7, 11) is 0. The number of aliphatic hydroxyl groups is 1. The molecule has 0 radical (unpaired) electrons. The standard InChI is InChI=1S/C34H34O7/c35-30-29(24-39-33(36)28-19-11-4-12-20-28)41-34(40-23-27-17-9-3-10-18-27)32(38-22-26-15-7-2-8-16-26)31(30)37-21-25-13-5-1-6-14-25/h1-20,29-32,34-35H,21-24H2/t29-,30+,31+,32+,34-/m1/s1. The second kappa shape index (κ2) is 14.7. The van der Waals surface area contributed by atoms with Crippen LogP contribution in [0.5, 0.6) is 0 Å². The van der Waals surface area contributed by atoms with Gasteiger partial charge in [-0.2, -0.15) is 0 Å². The van der Waals surface area contributed by atoms with Gasteiger partial charge in [-0.25, -0.2) is 4.79 Å². The summed E-state index contributed by atoms with van der Waals surface area (Å²) < 4.78 is 30.7. The molecule has 7 nitrogen and oxygen atoms in total. The summed E-state index contributed by atoms with van der Waals surface area (Å²) in [6, 6.07) is 37.9. The first-order valence-electron chi connectivity index (χ1n) is 13.7. The fourth-order valence-corrected chi connectivity index (χ4v) is 4.63. The summed E-state index contributed by atoms with van der Waals surface area (Å²) >= 11 is 0. The average molecular weight is 555 g/mol. The molecule has 41 heavy (non-hydrogen) atoms. The normalized spacial score (nSPS) is 22.2. The molecule has 4 aromatic rings. The zero-order valence-corrected chi connectivity index (χ0v) is 22.7. The maximum Gasteiger partial charge on any atom is 0.338 e. The van der Waals surface area contributed by atoms with E-state index in [4.69, 9.17) is 23.7 Å². The highest BCUT2D eigenvalue weighted by Crippen LogP contribution is 2.29. The second-order valence-corrected chi connectivity index (χ2v) is 9.82. The Labute approximate surface area is 240 Å². The Balaban J connectivity index is 1.36. The summed E-state index contributed by atoms with van der Waals surface area (Å²) in [6.07, 6.45) is -4.54. The minimum absolute atomic E-state index is 0.184. The van der Waals surface area contributed by atoms with Crippen molar-refractivity contribution >= 4 is 5.97 Å². The molecule has 4 aromatic carbocycles. The lowest BCUT2D eigenvalue weighted by Crippen LogP contribution is -2.61. The molecule has 1 saturated heterocycles. The lowest BCUT2D eigenvalue weighted by atomic mass is 9.98. The van der Waals surface area contributed by atoms with Gasteiger partial charge in [0.25, 0.3) is 0 Å². The lowest BCUT2D eigenvalue weighted by Gasteiger charge is -2.44. The predicted molar refractivity (Wildman–Crippen MR) is 153 cm³/mol. The van der Waals surface area contributed by atoms with Gasteiger partial charge in [0.1, 0.15) is 31.0 Å². The van der Waals surface area contributed by atoms with Crippen molar-refractivity contribution in [3.8, 4) is 0 Å². The Morgan fingerprint density at radius 3 is 1.56 bits per heavy atom. The SMILES string of the molecule is O=C(OC[C@H]1O[C@@H](OCc2ccccc2)[C@@H](OCc2ccccc2)[C@@H](OCc2ccccc2)[C@H]1O)c1ccccc1. The van der Waals surface area contributed by atoms with Gasteiger partial charge in [0.2, 0.25) is 0 Å². The zero-order chi connectivity index (χ0) is 28.3. The number of carbonyl (C=O) groups is 1. The summed E-state index contributed by atoms with van der Waals surface area (Å²) in [6.45, 7) is 0.590. The Hall–Kier alpha value is -3.85. The minimum atomic E-state index is -1.15. The molecule has 0 aromatic heterocycles. The summed E-state index contributed by atoms with van der Waals surface area (Å²) in [5.41, 5.74) is 3.28. The van der Waals surface area contributed by atoms with Gasteiger partial charge in [-0.3, -0.25) is 0 Å². The molecule has 1 heterocycles. The van der Waals surface area contributed by atoms with Crippen LogP contribution in [-0.4, -0.2) is 48.4 Å². The predicted octanol–water partition coefficient (Wildman–Crippen LogP) is 5.32. The number of ether oxygens (including phenoxy) is 5. The van der Waals surface area contributed by atoms with Crippen LogP contribution >= 0.6 is 0 Å². The van der Waals surface area contributed by atoms with Crippen LogP contribution in [0, 0.1) is 0 Å². The van der Waals surface area contributed by atoms with E-state index >= 15 is 0 Å². The number of aliphatic hydroxyl groups excluding tert-OH is 1. The van der Waals surface area contributed by atoms with Gasteiger partial charge in [-0.05, 0) is 28.8 Å². The Morgan fingerprint density at radius 1 is 0.610 bits per heavy atom. The van der Waals surface area contributed by atoms with E-state index < -0.39 is 36.7 Å². The molecule has 0 bridgehead atoms. The number of esters is 1. The topological polar surface area (TPSA) is 83.5 Å². The van der Waals surface area contributed by atoms with E-state index in [0.29, 0.717) is 5.56 Å². The van der Waals surface area contributed by atoms with Crippen molar-refractivity contribution in [3.63, 3.8) is 0 Å². The maximum absolute atomic E-state index is 12.7. The van der Waals surface area contributed by atoms with Crippen molar-refractivity contribution in [2.75, 3.05) is 6.61 Å². The second-order valence-electron chi connectivity index (χ2n) is 9.82. The first-order chi connectivity index (χ1) is 20.2. The quantitative estimate of drug-likeness (QED) is 0.238. The van der Waals surface area contributed by atoms with E-state index in [0.717, 1.165) is 16.7 Å². The first kappa shape index (κ1) is 28.7. The van der Waals surface area contributed by atoms with Crippen molar-refractivity contribution in [2.24, 2.45) is 0 Å². The van der Waals surface area contributed by atoms with Gasteiger partial charge in [-0.15, -0.1) is 0 Å². The van der Waals surface area contributed by atoms with E-state index in [2.05, 4.69) is 0 Å². The summed E-state index contributed by atoms with van der Waals surface area (Å²) in [5, 5.41) is 11.5. The van der Waals surface area contributed by atoms with Crippen LogP contribution in [0.3, 0.4) is 0 Å². The third kappa shape index (κ3) is 8.10. The molecule has 0 aliphatic carbocycles. The van der Waals surface area contributed by atoms with Crippen LogP contribution in [0.15, 0.2) is 121 Å². The third-order valence-corrected chi connectivity index (χ3v) is 6.83. The minimum Gasteiger partial charge on any atom is -0.459 e. The molecule has 0 spiro atoms. The molecule has 7 heteroatoms. The summed E-state index contributed by atoms with van der Waals surface area (Å²) in [4.78, 5) is 12.7. The van der Waals surface area contributed by atoms with Crippen LogP contribution in [0.4, 0.5) is 0 Å². The highest BCUT2D eigenvalue weighted by Gasteiger charge is 2.48. The number of hydrogen-bond donors (Lipinski definition) is 1. The number of rotatable bonds is 12. The zero-order valence-electron chi connectivity index (χ0n) is 22.7. The highest BCUT2D eigenvalue weighted by molar-refractivity contribution is 5.89.